The van der Waals surface area contributed by atoms with Crippen LogP contribution in [-0.2, 0) is 4.79 Å². The minimum absolute atomic E-state index is 0.215. The lowest BCUT2D eigenvalue weighted by Gasteiger charge is -2.00. The van der Waals surface area contributed by atoms with Gasteiger partial charge in [-0.2, -0.15) is 0 Å². The third-order valence-corrected chi connectivity index (χ3v) is 2.36. The Balaban J connectivity index is 2.88. The maximum absolute atomic E-state index is 10.4. The second-order valence-corrected chi connectivity index (χ2v) is 3.87. The summed E-state index contributed by atoms with van der Waals surface area (Å²) in [5.74, 6) is -0.215. The van der Waals surface area contributed by atoms with Crippen molar-refractivity contribution in [2.75, 3.05) is 0 Å². The molecule has 0 bridgehead atoms. The van der Waals surface area contributed by atoms with Gasteiger partial charge in [-0.15, -0.1) is 0 Å². The van der Waals surface area contributed by atoms with Crippen molar-refractivity contribution >= 4 is 5.91 Å². The molecule has 0 aromatic carbocycles. The molecule has 2 nitrogen and oxygen atoms in total. The maximum atomic E-state index is 10.4. The zero-order chi connectivity index (χ0) is 10.6. The van der Waals surface area contributed by atoms with E-state index < -0.39 is 0 Å². The van der Waals surface area contributed by atoms with Crippen LogP contribution in [0.15, 0.2) is 0 Å². The number of hydrogen-bond acceptors (Lipinski definition) is 1. The molecule has 0 heterocycles. The Hall–Kier alpha value is -0.530. The predicted octanol–water partition coefficient (Wildman–Crippen LogP) is 3.21. The predicted molar refractivity (Wildman–Crippen MR) is 60.7 cm³/mol. The summed E-state index contributed by atoms with van der Waals surface area (Å²) in [6, 6.07) is 0. The van der Waals surface area contributed by atoms with Gasteiger partial charge in [0.05, 0.1) is 0 Å². The number of unbranched alkanes of at least 4 members (excludes halogenated alkanes) is 8. The summed E-state index contributed by atoms with van der Waals surface area (Å²) >= 11 is 0. The van der Waals surface area contributed by atoms with Crippen molar-refractivity contribution in [3.8, 4) is 0 Å². The molecule has 0 fully saturated rings. The molecule has 0 rings (SSSR count). The Kier molecular flexibility index (Phi) is 10.2. The zero-order valence-electron chi connectivity index (χ0n) is 9.43. The van der Waals surface area contributed by atoms with Crippen LogP contribution in [-0.4, -0.2) is 5.91 Å². The second kappa shape index (κ2) is 10.6. The van der Waals surface area contributed by atoms with E-state index in [-0.39, 0.29) is 5.91 Å². The monoisotopic (exact) mass is 198 g/mol. The second-order valence-electron chi connectivity index (χ2n) is 3.87. The van der Waals surface area contributed by atoms with Gasteiger partial charge in [-0.3, -0.25) is 4.79 Å². The molecule has 0 saturated carbocycles. The molecule has 2 heteroatoms. The van der Waals surface area contributed by atoms with E-state index in [9.17, 15) is 4.79 Å². The molecule has 1 amide bonds. The maximum Gasteiger partial charge on any atom is 0.217 e. The first-order valence-corrected chi connectivity index (χ1v) is 5.87. The fourth-order valence-electron chi connectivity index (χ4n) is 1.49. The third-order valence-electron chi connectivity index (χ3n) is 2.36. The van der Waals surface area contributed by atoms with Gasteiger partial charge in [-0.05, 0) is 12.8 Å². The molecule has 0 aliphatic heterocycles. The number of amides is 1. The van der Waals surface area contributed by atoms with Crippen molar-refractivity contribution in [3.63, 3.8) is 0 Å². The average molecular weight is 198 g/mol. The van der Waals surface area contributed by atoms with Crippen LogP contribution in [0.5, 0.6) is 0 Å². The first kappa shape index (κ1) is 13.5. The normalized spacial score (nSPS) is 10.4. The van der Waals surface area contributed by atoms with Gasteiger partial charge in [0.15, 0.2) is 0 Å². The van der Waals surface area contributed by atoms with Crippen molar-refractivity contribution in [1.82, 2.24) is 0 Å². The highest BCUT2D eigenvalue weighted by Gasteiger charge is 1.95. The molecule has 0 saturated heterocycles. The quantitative estimate of drug-likeness (QED) is 0.538. The summed E-state index contributed by atoms with van der Waals surface area (Å²) in [4.78, 5) is 10.4. The third kappa shape index (κ3) is 11.5. The Bertz CT molecular complexity index is 134. The molecule has 0 aromatic rings. The number of rotatable bonds is 10. The largest absolute Gasteiger partial charge is 0.370 e. The summed E-state index contributed by atoms with van der Waals surface area (Å²) < 4.78 is 0. The van der Waals surface area contributed by atoms with Crippen molar-refractivity contribution < 1.29 is 4.79 Å². The molecule has 14 heavy (non-hydrogen) atoms. The molecule has 2 N–H and O–H groups in total. The van der Waals surface area contributed by atoms with Crippen LogP contribution in [0.25, 0.3) is 0 Å². The summed E-state index contributed by atoms with van der Waals surface area (Å²) in [5.41, 5.74) is 5.02. The minimum atomic E-state index is -0.215. The number of hydrogen-bond donors (Lipinski definition) is 1. The zero-order valence-corrected chi connectivity index (χ0v) is 9.43. The van der Waals surface area contributed by atoms with Crippen LogP contribution >= 0.6 is 0 Å². The van der Waals surface area contributed by atoms with Gasteiger partial charge < -0.3 is 5.73 Å². The Morgan fingerprint density at radius 3 is 2.21 bits per heavy atom. The van der Waals surface area contributed by atoms with Crippen LogP contribution in [0.4, 0.5) is 0 Å². The molecular formula is C12H24NO. The summed E-state index contributed by atoms with van der Waals surface area (Å²) in [6.45, 7) is 2.23. The highest BCUT2D eigenvalue weighted by atomic mass is 16.1. The molecule has 1 radical (unpaired) electrons. The standard InChI is InChI=1S/C12H24NO/c1-2-3-4-5-6-7-8-9-10-11-12(13)14/h10H,2-9,11H2,1H3,(H2,13,14). The number of carbonyl (C=O) groups excluding carboxylic acids is 1. The topological polar surface area (TPSA) is 43.1 Å². The number of primary amides is 1. The van der Waals surface area contributed by atoms with E-state index in [2.05, 4.69) is 6.92 Å². The Morgan fingerprint density at radius 2 is 1.64 bits per heavy atom. The van der Waals surface area contributed by atoms with Crippen molar-refractivity contribution in [2.24, 2.45) is 5.73 Å². The Morgan fingerprint density at radius 1 is 1.07 bits per heavy atom. The van der Waals surface area contributed by atoms with E-state index in [0.29, 0.717) is 6.42 Å². The fourth-order valence-corrected chi connectivity index (χ4v) is 1.49. The molecule has 0 unspecified atom stereocenters. The summed E-state index contributed by atoms with van der Waals surface area (Å²) in [5, 5.41) is 0. The molecule has 0 aromatic heterocycles. The minimum Gasteiger partial charge on any atom is -0.370 e. The van der Waals surface area contributed by atoms with E-state index >= 15 is 0 Å². The van der Waals surface area contributed by atoms with E-state index in [0.717, 1.165) is 6.42 Å². The molecule has 0 atom stereocenters. The molecular weight excluding hydrogens is 174 g/mol. The highest BCUT2D eigenvalue weighted by molar-refractivity contribution is 5.74. The van der Waals surface area contributed by atoms with Crippen molar-refractivity contribution in [1.29, 1.82) is 0 Å². The Labute approximate surface area is 88.3 Å². The lowest BCUT2D eigenvalue weighted by Crippen LogP contribution is -2.09. The molecule has 0 aliphatic rings. The van der Waals surface area contributed by atoms with Crippen molar-refractivity contribution in [2.45, 2.75) is 64.7 Å². The first-order valence-electron chi connectivity index (χ1n) is 5.87. The van der Waals surface area contributed by atoms with Crippen LogP contribution in [0.2, 0.25) is 0 Å². The van der Waals surface area contributed by atoms with Gasteiger partial charge >= 0.3 is 0 Å². The van der Waals surface area contributed by atoms with Gasteiger partial charge in [-0.1, -0.05) is 51.9 Å². The highest BCUT2D eigenvalue weighted by Crippen LogP contribution is 2.09. The van der Waals surface area contributed by atoms with E-state index in [4.69, 9.17) is 5.73 Å². The van der Waals surface area contributed by atoms with Crippen LogP contribution in [0, 0.1) is 6.42 Å². The van der Waals surface area contributed by atoms with E-state index in [1.807, 2.05) is 6.42 Å². The van der Waals surface area contributed by atoms with Crippen LogP contribution < -0.4 is 5.73 Å². The van der Waals surface area contributed by atoms with Crippen LogP contribution in [0.3, 0.4) is 0 Å². The SMILES string of the molecule is CCCCCCCCC[CH]CC(N)=O. The smallest absolute Gasteiger partial charge is 0.217 e. The molecule has 0 aliphatic carbocycles. The van der Waals surface area contributed by atoms with Gasteiger partial charge in [0, 0.05) is 6.42 Å². The molecule has 83 valence electrons. The lowest BCUT2D eigenvalue weighted by molar-refractivity contribution is -0.117. The van der Waals surface area contributed by atoms with Gasteiger partial charge in [0.2, 0.25) is 5.91 Å². The lowest BCUT2D eigenvalue weighted by atomic mass is 10.1. The molecule has 0 spiro atoms. The van der Waals surface area contributed by atoms with Gasteiger partial charge in [0.1, 0.15) is 0 Å². The van der Waals surface area contributed by atoms with Gasteiger partial charge in [-0.25, -0.2) is 0 Å². The van der Waals surface area contributed by atoms with Crippen molar-refractivity contribution in [3.05, 3.63) is 6.42 Å². The van der Waals surface area contributed by atoms with Gasteiger partial charge in [0.25, 0.3) is 0 Å². The average Bonchev–Trinajstić information content (AvgIpc) is 2.15. The fraction of sp³-hybridized carbons (Fsp3) is 0.833. The van der Waals surface area contributed by atoms with E-state index in [1.54, 1.807) is 0 Å². The first-order chi connectivity index (χ1) is 6.77. The van der Waals surface area contributed by atoms with Crippen LogP contribution in [0.1, 0.15) is 64.7 Å². The number of carbonyl (C=O) groups is 1. The summed E-state index contributed by atoms with van der Waals surface area (Å²) in [7, 11) is 0. The van der Waals surface area contributed by atoms with E-state index in [1.165, 1.54) is 44.9 Å². The number of nitrogens with two attached hydrogens (primary N) is 1. The summed E-state index contributed by atoms with van der Waals surface area (Å²) in [6.07, 6.45) is 12.7.